The van der Waals surface area contributed by atoms with Crippen LogP contribution in [0.5, 0.6) is 5.75 Å². The van der Waals surface area contributed by atoms with Crippen molar-refractivity contribution in [1.29, 1.82) is 0 Å². The summed E-state index contributed by atoms with van der Waals surface area (Å²) in [5, 5.41) is 6.57. The Kier molecular flexibility index (Phi) is 5.80. The van der Waals surface area contributed by atoms with Crippen molar-refractivity contribution in [3.8, 4) is 5.75 Å². The van der Waals surface area contributed by atoms with Crippen LogP contribution in [0.2, 0.25) is 5.02 Å². The summed E-state index contributed by atoms with van der Waals surface area (Å²) >= 11 is 6.07. The quantitative estimate of drug-likeness (QED) is 0.630. The van der Waals surface area contributed by atoms with Crippen LogP contribution in [0.15, 0.2) is 42.5 Å². The van der Waals surface area contributed by atoms with Gasteiger partial charge >= 0.3 is 0 Å². The minimum absolute atomic E-state index is 0.259. The number of ether oxygens (including phenoxy) is 1. The number of carbonyl (C=O) groups excluding carboxylic acids is 1. The predicted molar refractivity (Wildman–Crippen MR) is 112 cm³/mol. The fourth-order valence-electron chi connectivity index (χ4n) is 2.68. The molecule has 28 heavy (non-hydrogen) atoms. The number of nitrogens with zero attached hydrogens (tertiary/aromatic N) is 2. The standard InChI is InChI=1S/C21H21ClN4O2/c1-12-5-7-16(9-13(12)2)25-21(27)18-11-20(24-14(3)23-18)26-17-10-15(22)6-8-19(17)28-4/h5-11H,1-4H3,(H,25,27)(H,23,24,26). The van der Waals surface area contributed by atoms with Crippen molar-refractivity contribution in [3.05, 3.63) is 70.1 Å². The van der Waals surface area contributed by atoms with Gasteiger partial charge in [-0.2, -0.15) is 0 Å². The summed E-state index contributed by atoms with van der Waals surface area (Å²) < 4.78 is 5.34. The molecule has 6 nitrogen and oxygen atoms in total. The summed E-state index contributed by atoms with van der Waals surface area (Å²) in [6.45, 7) is 5.75. The number of rotatable bonds is 5. The van der Waals surface area contributed by atoms with Gasteiger partial charge in [-0.1, -0.05) is 17.7 Å². The number of halogens is 1. The maximum Gasteiger partial charge on any atom is 0.274 e. The fraction of sp³-hybridized carbons (Fsp3) is 0.190. The second-order valence-electron chi connectivity index (χ2n) is 6.41. The summed E-state index contributed by atoms with van der Waals surface area (Å²) in [4.78, 5) is 21.3. The molecule has 7 heteroatoms. The van der Waals surface area contributed by atoms with Crippen molar-refractivity contribution in [3.63, 3.8) is 0 Å². The first-order chi connectivity index (χ1) is 13.4. The molecule has 0 unspecified atom stereocenters. The number of carbonyl (C=O) groups is 1. The van der Waals surface area contributed by atoms with Crippen molar-refractivity contribution in [2.45, 2.75) is 20.8 Å². The van der Waals surface area contributed by atoms with E-state index < -0.39 is 0 Å². The van der Waals surface area contributed by atoms with E-state index in [1.54, 1.807) is 38.3 Å². The van der Waals surface area contributed by atoms with Gasteiger partial charge in [-0.05, 0) is 62.2 Å². The van der Waals surface area contributed by atoms with Gasteiger partial charge in [-0.25, -0.2) is 9.97 Å². The first kappa shape index (κ1) is 19.6. The number of aromatic nitrogens is 2. The largest absolute Gasteiger partial charge is 0.495 e. The summed E-state index contributed by atoms with van der Waals surface area (Å²) in [5.74, 6) is 1.24. The molecular weight excluding hydrogens is 376 g/mol. The Morgan fingerprint density at radius 2 is 1.79 bits per heavy atom. The normalized spacial score (nSPS) is 10.5. The zero-order valence-corrected chi connectivity index (χ0v) is 16.9. The third kappa shape index (κ3) is 4.58. The summed E-state index contributed by atoms with van der Waals surface area (Å²) in [6.07, 6.45) is 0. The number of hydrogen-bond acceptors (Lipinski definition) is 5. The Bertz CT molecular complexity index is 1040. The van der Waals surface area contributed by atoms with E-state index in [-0.39, 0.29) is 11.6 Å². The van der Waals surface area contributed by atoms with Crippen molar-refractivity contribution in [1.82, 2.24) is 9.97 Å². The Labute approximate surface area is 168 Å². The number of benzene rings is 2. The molecule has 2 aromatic carbocycles. The molecule has 3 aromatic rings. The van der Waals surface area contributed by atoms with Gasteiger partial charge in [-0.15, -0.1) is 0 Å². The number of anilines is 3. The maximum atomic E-state index is 12.7. The molecule has 0 aliphatic heterocycles. The van der Waals surface area contributed by atoms with Gasteiger partial charge in [0.1, 0.15) is 23.1 Å². The van der Waals surface area contributed by atoms with E-state index in [0.717, 1.165) is 16.8 Å². The van der Waals surface area contributed by atoms with Crippen LogP contribution < -0.4 is 15.4 Å². The number of amides is 1. The molecule has 144 valence electrons. The summed E-state index contributed by atoms with van der Waals surface area (Å²) in [5.41, 5.74) is 3.89. The van der Waals surface area contributed by atoms with Gasteiger partial charge in [-0.3, -0.25) is 4.79 Å². The van der Waals surface area contributed by atoms with Gasteiger partial charge in [0.25, 0.3) is 5.91 Å². The van der Waals surface area contributed by atoms with E-state index in [1.807, 2.05) is 32.0 Å². The fourth-order valence-corrected chi connectivity index (χ4v) is 2.85. The van der Waals surface area contributed by atoms with Crippen molar-refractivity contribution in [2.24, 2.45) is 0 Å². The summed E-state index contributed by atoms with van der Waals surface area (Å²) in [6, 6.07) is 12.6. The monoisotopic (exact) mass is 396 g/mol. The molecular formula is C21H21ClN4O2. The van der Waals surface area contributed by atoms with Crippen LogP contribution in [-0.4, -0.2) is 23.0 Å². The lowest BCUT2D eigenvalue weighted by Crippen LogP contribution is -2.15. The Hall–Kier alpha value is -3.12. The molecule has 0 saturated carbocycles. The molecule has 1 amide bonds. The van der Waals surface area contributed by atoms with E-state index in [1.165, 1.54) is 0 Å². The van der Waals surface area contributed by atoms with Gasteiger partial charge in [0, 0.05) is 16.8 Å². The molecule has 0 radical (unpaired) electrons. The van der Waals surface area contributed by atoms with Gasteiger partial charge < -0.3 is 15.4 Å². The zero-order valence-electron chi connectivity index (χ0n) is 16.1. The molecule has 3 rings (SSSR count). The van der Waals surface area contributed by atoms with Gasteiger partial charge in [0.05, 0.1) is 12.8 Å². The van der Waals surface area contributed by atoms with Crippen molar-refractivity contribution < 1.29 is 9.53 Å². The van der Waals surface area contributed by atoms with Gasteiger partial charge in [0.15, 0.2) is 0 Å². The highest BCUT2D eigenvalue weighted by molar-refractivity contribution is 6.31. The molecule has 0 bridgehead atoms. The highest BCUT2D eigenvalue weighted by Crippen LogP contribution is 2.30. The molecule has 0 saturated heterocycles. The van der Waals surface area contributed by atoms with Crippen LogP contribution in [0.4, 0.5) is 17.2 Å². The van der Waals surface area contributed by atoms with Crippen LogP contribution in [0, 0.1) is 20.8 Å². The molecule has 0 aliphatic carbocycles. The second kappa shape index (κ2) is 8.27. The van der Waals surface area contributed by atoms with Gasteiger partial charge in [0.2, 0.25) is 0 Å². The first-order valence-corrected chi connectivity index (χ1v) is 9.08. The average molecular weight is 397 g/mol. The molecule has 0 fully saturated rings. The maximum absolute atomic E-state index is 12.7. The molecule has 0 spiro atoms. The van der Waals surface area contributed by atoms with Crippen molar-refractivity contribution in [2.75, 3.05) is 17.7 Å². The van der Waals surface area contributed by atoms with E-state index in [4.69, 9.17) is 16.3 Å². The van der Waals surface area contributed by atoms with E-state index in [9.17, 15) is 4.79 Å². The minimum atomic E-state index is -0.310. The third-order valence-corrected chi connectivity index (χ3v) is 4.49. The SMILES string of the molecule is COc1ccc(Cl)cc1Nc1cc(C(=O)Nc2ccc(C)c(C)c2)nc(C)n1. The average Bonchev–Trinajstić information content (AvgIpc) is 2.64. The minimum Gasteiger partial charge on any atom is -0.495 e. The number of aryl methyl sites for hydroxylation is 3. The Morgan fingerprint density at radius 1 is 1.00 bits per heavy atom. The highest BCUT2D eigenvalue weighted by Gasteiger charge is 2.13. The lowest BCUT2D eigenvalue weighted by Gasteiger charge is -2.12. The molecule has 0 aliphatic rings. The first-order valence-electron chi connectivity index (χ1n) is 8.70. The smallest absolute Gasteiger partial charge is 0.274 e. The van der Waals surface area contributed by atoms with Crippen LogP contribution in [0.1, 0.15) is 27.4 Å². The molecule has 1 aromatic heterocycles. The second-order valence-corrected chi connectivity index (χ2v) is 6.84. The molecule has 2 N–H and O–H groups in total. The number of hydrogen-bond donors (Lipinski definition) is 2. The number of nitrogens with one attached hydrogen (secondary N) is 2. The zero-order chi connectivity index (χ0) is 20.3. The van der Waals surface area contributed by atoms with Crippen LogP contribution in [-0.2, 0) is 0 Å². The van der Waals surface area contributed by atoms with E-state index >= 15 is 0 Å². The topological polar surface area (TPSA) is 76.1 Å². The Balaban J connectivity index is 1.86. The van der Waals surface area contributed by atoms with Crippen LogP contribution in [0.3, 0.4) is 0 Å². The lowest BCUT2D eigenvalue weighted by atomic mass is 10.1. The lowest BCUT2D eigenvalue weighted by molar-refractivity contribution is 0.102. The van der Waals surface area contributed by atoms with E-state index in [0.29, 0.717) is 28.1 Å². The number of methoxy groups -OCH3 is 1. The third-order valence-electron chi connectivity index (χ3n) is 4.26. The van der Waals surface area contributed by atoms with Crippen molar-refractivity contribution >= 4 is 34.7 Å². The van der Waals surface area contributed by atoms with Crippen LogP contribution >= 0.6 is 11.6 Å². The highest BCUT2D eigenvalue weighted by atomic mass is 35.5. The van der Waals surface area contributed by atoms with Crippen LogP contribution in [0.25, 0.3) is 0 Å². The Morgan fingerprint density at radius 3 is 2.50 bits per heavy atom. The van der Waals surface area contributed by atoms with E-state index in [2.05, 4.69) is 20.6 Å². The molecule has 0 atom stereocenters. The molecule has 1 heterocycles. The summed E-state index contributed by atoms with van der Waals surface area (Å²) in [7, 11) is 1.57. The predicted octanol–water partition coefficient (Wildman–Crippen LogP) is 5.06.